The first kappa shape index (κ1) is 53.2. The Morgan fingerprint density at radius 2 is 1.11 bits per heavy atom. The second kappa shape index (κ2) is 25.7. The van der Waals surface area contributed by atoms with Crippen LogP contribution in [-0.4, -0.2) is 104 Å². The number of hydrogen-bond acceptors (Lipinski definition) is 16. The van der Waals surface area contributed by atoms with Crippen molar-refractivity contribution >= 4 is 62.5 Å². The molecule has 24 heteroatoms. The minimum atomic E-state index is -1.61. The Morgan fingerprint density at radius 3 is 1.52 bits per heavy atom. The Morgan fingerprint density at radius 1 is 0.671 bits per heavy atom. The average Bonchev–Trinajstić information content (AvgIpc) is 4.19. The Balaban J connectivity index is 0.000000162. The van der Waals surface area contributed by atoms with E-state index in [4.69, 9.17) is 23.6 Å². The lowest BCUT2D eigenvalue weighted by molar-refractivity contribution is -0.0238. The van der Waals surface area contributed by atoms with Crippen LogP contribution in [0.25, 0.3) is 22.3 Å². The number of imidazole rings is 2. The topological polar surface area (TPSA) is 257 Å². The maximum Gasteiger partial charge on any atom is 0.552 e. The molecule has 9 atom stereocenters. The number of aliphatic hydroxyl groups is 1. The van der Waals surface area contributed by atoms with Crippen molar-refractivity contribution in [1.29, 1.82) is 0 Å². The molecule has 0 aliphatic carbocycles. The van der Waals surface area contributed by atoms with Crippen molar-refractivity contribution in [2.24, 2.45) is 0 Å². The Bertz CT molecular complexity index is 3080. The number of anilines is 2. The maximum absolute atomic E-state index is 14.9. The van der Waals surface area contributed by atoms with E-state index in [0.29, 0.717) is 57.8 Å². The molecule has 6 heterocycles. The van der Waals surface area contributed by atoms with Crippen LogP contribution in [0.1, 0.15) is 59.9 Å². The lowest BCUT2D eigenvalue weighted by Gasteiger charge is -2.15. The smallest absolute Gasteiger partial charge is 0.508 e. The molecule has 2 aliphatic heterocycles. The number of phenols is 1. The molecule has 0 saturated carbocycles. The van der Waals surface area contributed by atoms with Gasteiger partial charge in [-0.1, -0.05) is 86.6 Å². The second-order valence-electron chi connectivity index (χ2n) is 15.9. The molecule has 10 rings (SSSR count). The number of aliphatic hydroxyl groups excluding tert-OH is 1. The quantitative estimate of drug-likeness (QED) is 0.0831. The Labute approximate surface area is 419 Å². The minimum Gasteiger partial charge on any atom is -0.508 e. The normalized spacial score (nSPS) is 21.2. The predicted octanol–water partition coefficient (Wildman–Crippen LogP) is 9.23. The first-order valence-corrected chi connectivity index (χ1v) is 25.0. The van der Waals surface area contributed by atoms with Crippen LogP contribution in [-0.2, 0) is 23.1 Å². The summed E-state index contributed by atoms with van der Waals surface area (Å²) in [6.45, 7) is 5.17. The first-order chi connectivity index (χ1) is 35.4. The monoisotopic (exact) mass is 1040 g/mol. The van der Waals surface area contributed by atoms with Gasteiger partial charge in [-0.3, -0.25) is 27.8 Å². The average molecular weight is 1040 g/mol. The van der Waals surface area contributed by atoms with E-state index in [-0.39, 0.29) is 23.5 Å². The van der Waals surface area contributed by atoms with Crippen LogP contribution < -0.4 is 15.2 Å². The molecule has 2 aliphatic rings. The van der Waals surface area contributed by atoms with Crippen LogP contribution in [0.2, 0.25) is 0 Å². The molecule has 0 spiro atoms. The van der Waals surface area contributed by atoms with Crippen molar-refractivity contribution < 1.29 is 56.2 Å². The van der Waals surface area contributed by atoms with Crippen molar-refractivity contribution in [2.45, 2.75) is 75.9 Å². The van der Waals surface area contributed by atoms with Gasteiger partial charge >= 0.3 is 16.7 Å². The summed E-state index contributed by atoms with van der Waals surface area (Å²) in [5.74, 6) is 0.706. The number of fused-ring (bicyclic) bond motifs is 2. The van der Waals surface area contributed by atoms with E-state index < -0.39 is 65.9 Å². The number of ether oxygens (including phenoxy) is 2. The SMILES string of the molecule is CC[C@H]1O[C@@H](n2cnc3c(NC(=O)c4ccccc4)ncnc32)[C@@H](F)[C@@H]1O.CC[C@H]1O[C@@H](n2cnc3c(NC(=O)c4ccccc4)ncnc32)[C@@H](F)[C@@H]1OP=O.C[P+](=O)Oc1ccccc1.Oc1ccccc1. The number of hydrogen-bond donors (Lipinski definition) is 4. The molecule has 4 N–H and O–H groups in total. The number of amides is 2. The van der Waals surface area contributed by atoms with Gasteiger partial charge in [0.2, 0.25) is 0 Å². The highest BCUT2D eigenvalue weighted by Gasteiger charge is 2.47. The van der Waals surface area contributed by atoms with Gasteiger partial charge in [0.15, 0.2) is 71.2 Å². The molecular weight excluding hydrogens is 989 g/mol. The van der Waals surface area contributed by atoms with E-state index >= 15 is 0 Å². The zero-order chi connectivity index (χ0) is 51.9. The van der Waals surface area contributed by atoms with E-state index in [9.17, 15) is 32.6 Å². The summed E-state index contributed by atoms with van der Waals surface area (Å²) in [7, 11) is -2.14. The number of rotatable bonds is 12. The Kier molecular flexibility index (Phi) is 18.7. The van der Waals surface area contributed by atoms with Gasteiger partial charge < -0.3 is 30.3 Å². The molecule has 0 bridgehead atoms. The van der Waals surface area contributed by atoms with Crippen LogP contribution >= 0.6 is 16.7 Å². The third kappa shape index (κ3) is 13.3. The lowest BCUT2D eigenvalue weighted by Crippen LogP contribution is -2.28. The highest BCUT2D eigenvalue weighted by molar-refractivity contribution is 7.38. The number of carbonyl (C=O) groups is 2. The third-order valence-electron chi connectivity index (χ3n) is 11.1. The largest absolute Gasteiger partial charge is 0.552 e. The van der Waals surface area contributed by atoms with E-state index in [0.717, 1.165) is 0 Å². The summed E-state index contributed by atoms with van der Waals surface area (Å²) < 4.78 is 74.9. The molecule has 73 heavy (non-hydrogen) atoms. The first-order valence-electron chi connectivity index (χ1n) is 22.6. The van der Waals surface area contributed by atoms with Crippen molar-refractivity contribution in [1.82, 2.24) is 39.0 Å². The van der Waals surface area contributed by atoms with Gasteiger partial charge in [0.1, 0.15) is 30.6 Å². The second-order valence-corrected chi connectivity index (χ2v) is 17.3. The zero-order valence-electron chi connectivity index (χ0n) is 39.3. The third-order valence-corrected chi connectivity index (χ3v) is 11.9. The van der Waals surface area contributed by atoms with Crippen LogP contribution in [0.5, 0.6) is 11.5 Å². The maximum atomic E-state index is 14.9. The van der Waals surface area contributed by atoms with Crippen molar-refractivity contribution in [3.63, 3.8) is 0 Å². The number of benzene rings is 4. The molecule has 0 radical (unpaired) electrons. The van der Waals surface area contributed by atoms with Crippen LogP contribution in [0.3, 0.4) is 0 Å². The Hall–Kier alpha value is -7.58. The molecule has 20 nitrogen and oxygen atoms in total. The molecule has 2 fully saturated rings. The van der Waals surface area contributed by atoms with E-state index in [1.54, 1.807) is 84.9 Å². The van der Waals surface area contributed by atoms with Gasteiger partial charge in [0.05, 0.1) is 24.9 Å². The summed E-state index contributed by atoms with van der Waals surface area (Å²) in [6.07, 6.45) is -2.38. The molecule has 2 saturated heterocycles. The number of aromatic nitrogens is 8. The minimum absolute atomic E-state index is 0.203. The molecule has 4 aromatic carbocycles. The van der Waals surface area contributed by atoms with Crippen LogP contribution in [0.15, 0.2) is 147 Å². The fourth-order valence-electron chi connectivity index (χ4n) is 7.54. The number of phenolic OH excluding ortho intramolecular Hbond substituents is 1. The fraction of sp³-hybridized carbons (Fsp3) is 0.265. The van der Waals surface area contributed by atoms with Gasteiger partial charge in [0, 0.05) is 11.1 Å². The number of halogens is 2. The summed E-state index contributed by atoms with van der Waals surface area (Å²) in [6, 6.07) is 35.2. The van der Waals surface area contributed by atoms with Crippen LogP contribution in [0.4, 0.5) is 20.4 Å². The standard InChI is InChI=1S/C18H17FN5O4P.C18H18FN5O3.C7H8O2P.C6H6O/c1-2-11-14(28-29-26)12(19)18(27-11)24-9-22-13-15(20-8-21-16(13)24)23-17(25)10-6-4-3-5-7-10;1-2-11-14(25)12(19)18(27-11)24-9-22-13-15(20-8-21-16(13)24)23-17(26)10-6-4-3-5-7-10;1-10(8)9-7-5-3-2-4-6-7;7-6-4-2-1-3-5-6/h3-9,11-12,14,18H,2H2,1H3,(H,20,21,23,25);3-9,11-12,14,18,25H,2H2,1H3,(H,20,21,23,26);2-6H,1H3;1-5,7H/q;;+1;/t2*11-,12+,14-,18-;;/m11../s1. The molecule has 378 valence electrons. The summed E-state index contributed by atoms with van der Waals surface area (Å²) in [4.78, 5) is 49.7. The van der Waals surface area contributed by atoms with Gasteiger partial charge in [-0.05, 0) is 65.9 Å². The van der Waals surface area contributed by atoms with Gasteiger partial charge in [-0.25, -0.2) is 43.2 Å². The molecule has 4 aromatic heterocycles. The zero-order valence-corrected chi connectivity index (χ0v) is 41.1. The number of nitrogens with zero attached hydrogens (tertiary/aromatic N) is 8. The number of aromatic hydroxyl groups is 1. The van der Waals surface area contributed by atoms with E-state index in [2.05, 4.69) is 40.5 Å². The molecule has 8 aromatic rings. The van der Waals surface area contributed by atoms with E-state index in [1.165, 1.54) is 41.1 Å². The van der Waals surface area contributed by atoms with Gasteiger partial charge in [-0.2, -0.15) is 0 Å². The van der Waals surface area contributed by atoms with Gasteiger partial charge in [-0.15, -0.1) is 0 Å². The van der Waals surface area contributed by atoms with Crippen LogP contribution in [0, 0.1) is 0 Å². The van der Waals surface area contributed by atoms with E-state index in [1.807, 2.05) is 50.2 Å². The summed E-state index contributed by atoms with van der Waals surface area (Å²) in [5.41, 5.74) is 2.15. The highest BCUT2D eigenvalue weighted by atomic mass is 31.1. The summed E-state index contributed by atoms with van der Waals surface area (Å²) in [5, 5.41) is 24.0. The number of carbonyl (C=O) groups excluding carboxylic acids is 2. The number of alkyl halides is 2. The number of nitrogens with one attached hydrogen (secondary N) is 2. The molecular formula is C49H49F2N10O10P2+. The fourth-order valence-corrected chi connectivity index (χ4v) is 8.31. The van der Waals surface area contributed by atoms with Crippen molar-refractivity contribution in [3.8, 4) is 11.5 Å². The molecule has 2 amide bonds. The summed E-state index contributed by atoms with van der Waals surface area (Å²) >= 11 is 0. The molecule has 1 unspecified atom stereocenters. The van der Waals surface area contributed by atoms with Crippen molar-refractivity contribution in [2.75, 3.05) is 17.3 Å². The van der Waals surface area contributed by atoms with Crippen molar-refractivity contribution in [3.05, 3.63) is 158 Å². The number of para-hydroxylation sites is 2. The lowest BCUT2D eigenvalue weighted by atomic mass is 10.1. The predicted molar refractivity (Wildman–Crippen MR) is 265 cm³/mol. The van der Waals surface area contributed by atoms with Gasteiger partial charge in [0.25, 0.3) is 11.8 Å². The highest BCUT2D eigenvalue weighted by Crippen LogP contribution is 2.39.